The minimum Gasteiger partial charge on any atom is -0.347 e. The summed E-state index contributed by atoms with van der Waals surface area (Å²) >= 11 is 1.57. The summed E-state index contributed by atoms with van der Waals surface area (Å²) in [6.07, 6.45) is 3.58. The monoisotopic (exact) mass is 272 g/mol. The average molecular weight is 273 g/mol. The Hall–Kier alpha value is -0.580. The molecule has 2 bridgehead atoms. The molecule has 3 nitrogen and oxygen atoms in total. The lowest BCUT2D eigenvalue weighted by Crippen LogP contribution is -2.42. The second-order valence-electron chi connectivity index (χ2n) is 4.77. The van der Waals surface area contributed by atoms with Crippen molar-refractivity contribution in [1.82, 2.24) is 10.6 Å². The second kappa shape index (κ2) is 4.96. The minimum absolute atomic E-state index is 0. The highest BCUT2D eigenvalue weighted by atomic mass is 35.5. The summed E-state index contributed by atoms with van der Waals surface area (Å²) in [5, 5.41) is 6.68. The number of hydrogen-bond donors (Lipinski definition) is 2. The van der Waals surface area contributed by atoms with Crippen LogP contribution in [0.1, 0.15) is 33.8 Å². The Bertz CT molecular complexity index is 420. The van der Waals surface area contributed by atoms with Crippen LogP contribution in [-0.2, 0) is 0 Å². The van der Waals surface area contributed by atoms with Gasteiger partial charge in [-0.15, -0.1) is 23.7 Å². The van der Waals surface area contributed by atoms with Crippen LogP contribution in [0, 0.1) is 6.92 Å². The molecule has 2 aliphatic rings. The Balaban J connectivity index is 0.00000108. The Morgan fingerprint density at radius 1 is 1.47 bits per heavy atom. The number of amides is 1. The van der Waals surface area contributed by atoms with Crippen LogP contribution in [0.4, 0.5) is 0 Å². The maximum absolute atomic E-state index is 12.0. The summed E-state index contributed by atoms with van der Waals surface area (Å²) in [7, 11) is 0. The van der Waals surface area contributed by atoms with Crippen molar-refractivity contribution in [1.29, 1.82) is 0 Å². The molecule has 2 fully saturated rings. The topological polar surface area (TPSA) is 41.1 Å². The van der Waals surface area contributed by atoms with Crippen molar-refractivity contribution in [3.05, 3.63) is 21.9 Å². The molecule has 0 radical (unpaired) electrons. The summed E-state index contributed by atoms with van der Waals surface area (Å²) in [5.41, 5.74) is 0. The van der Waals surface area contributed by atoms with Gasteiger partial charge < -0.3 is 10.6 Å². The normalized spacial score (nSPS) is 30.1. The molecule has 0 aliphatic carbocycles. The zero-order valence-electron chi connectivity index (χ0n) is 9.73. The third kappa shape index (κ3) is 2.49. The van der Waals surface area contributed by atoms with Crippen molar-refractivity contribution in [2.45, 2.75) is 44.3 Å². The first kappa shape index (κ1) is 12.9. The van der Waals surface area contributed by atoms with Gasteiger partial charge in [-0.05, 0) is 38.3 Å². The molecule has 2 saturated heterocycles. The molecular formula is C12H17ClN2OS. The van der Waals surface area contributed by atoms with E-state index in [0.29, 0.717) is 18.1 Å². The van der Waals surface area contributed by atoms with Crippen molar-refractivity contribution in [3.8, 4) is 0 Å². The number of hydrogen-bond acceptors (Lipinski definition) is 3. The van der Waals surface area contributed by atoms with E-state index in [9.17, 15) is 4.79 Å². The SMILES string of the molecule is Cc1ccc(C(=O)N[C@@H]2C[C@H]3CC[C@@H]2N3)s1.Cl. The van der Waals surface area contributed by atoms with Gasteiger partial charge in [0.05, 0.1) is 4.88 Å². The lowest BCUT2D eigenvalue weighted by molar-refractivity contribution is 0.0935. The van der Waals surface area contributed by atoms with E-state index in [2.05, 4.69) is 10.6 Å². The zero-order chi connectivity index (χ0) is 11.1. The van der Waals surface area contributed by atoms with E-state index in [1.807, 2.05) is 19.1 Å². The molecule has 17 heavy (non-hydrogen) atoms. The molecule has 5 heteroatoms. The molecular weight excluding hydrogens is 256 g/mol. The Labute approximate surface area is 111 Å². The van der Waals surface area contributed by atoms with Crippen LogP contribution in [0.25, 0.3) is 0 Å². The highest BCUT2D eigenvalue weighted by Gasteiger charge is 2.39. The number of thiophene rings is 1. The molecule has 1 aromatic rings. The molecule has 0 unspecified atom stereocenters. The molecule has 0 aromatic carbocycles. The number of fused-ring (bicyclic) bond motifs is 2. The van der Waals surface area contributed by atoms with E-state index in [-0.39, 0.29) is 18.3 Å². The van der Waals surface area contributed by atoms with E-state index < -0.39 is 0 Å². The number of halogens is 1. The van der Waals surface area contributed by atoms with Crippen molar-refractivity contribution >= 4 is 29.7 Å². The predicted octanol–water partition coefficient (Wildman–Crippen LogP) is 2.10. The molecule has 1 amide bonds. The molecule has 3 atom stereocenters. The van der Waals surface area contributed by atoms with E-state index >= 15 is 0 Å². The van der Waals surface area contributed by atoms with Crippen molar-refractivity contribution in [3.63, 3.8) is 0 Å². The van der Waals surface area contributed by atoms with Crippen LogP contribution < -0.4 is 10.6 Å². The van der Waals surface area contributed by atoms with Gasteiger partial charge >= 0.3 is 0 Å². The van der Waals surface area contributed by atoms with E-state index in [0.717, 1.165) is 11.3 Å². The number of carbonyl (C=O) groups excluding carboxylic acids is 1. The number of rotatable bonds is 2. The molecule has 0 saturated carbocycles. The van der Waals surface area contributed by atoms with Crippen LogP contribution in [0.5, 0.6) is 0 Å². The van der Waals surface area contributed by atoms with E-state index in [1.165, 1.54) is 17.7 Å². The summed E-state index contributed by atoms with van der Waals surface area (Å²) in [6, 6.07) is 5.40. The highest BCUT2D eigenvalue weighted by molar-refractivity contribution is 7.13. The highest BCUT2D eigenvalue weighted by Crippen LogP contribution is 2.28. The lowest BCUT2D eigenvalue weighted by Gasteiger charge is -2.20. The smallest absolute Gasteiger partial charge is 0.261 e. The second-order valence-corrected chi connectivity index (χ2v) is 6.06. The van der Waals surface area contributed by atoms with E-state index in [1.54, 1.807) is 11.3 Å². The molecule has 0 spiro atoms. The van der Waals surface area contributed by atoms with Gasteiger partial charge in [-0.1, -0.05) is 0 Å². The van der Waals surface area contributed by atoms with Gasteiger partial charge in [0.15, 0.2) is 0 Å². The van der Waals surface area contributed by atoms with Gasteiger partial charge in [0.25, 0.3) is 5.91 Å². The summed E-state index contributed by atoms with van der Waals surface area (Å²) in [4.78, 5) is 14.0. The van der Waals surface area contributed by atoms with Crippen LogP contribution >= 0.6 is 23.7 Å². The third-order valence-electron chi connectivity index (χ3n) is 3.58. The minimum atomic E-state index is 0. The first-order valence-electron chi connectivity index (χ1n) is 5.86. The van der Waals surface area contributed by atoms with Gasteiger partial charge in [0.2, 0.25) is 0 Å². The molecule has 3 heterocycles. The third-order valence-corrected chi connectivity index (χ3v) is 4.58. The molecule has 3 rings (SSSR count). The fourth-order valence-electron chi connectivity index (χ4n) is 2.78. The molecule has 2 aliphatic heterocycles. The fourth-order valence-corrected chi connectivity index (χ4v) is 3.55. The largest absolute Gasteiger partial charge is 0.347 e. The van der Waals surface area contributed by atoms with Crippen LogP contribution in [0.3, 0.4) is 0 Å². The Morgan fingerprint density at radius 2 is 2.29 bits per heavy atom. The summed E-state index contributed by atoms with van der Waals surface area (Å²) in [5.74, 6) is 0.0949. The van der Waals surface area contributed by atoms with Gasteiger partial charge in [-0.3, -0.25) is 4.79 Å². The lowest BCUT2D eigenvalue weighted by atomic mass is 9.95. The summed E-state index contributed by atoms with van der Waals surface area (Å²) in [6.45, 7) is 2.03. The Morgan fingerprint density at radius 3 is 2.82 bits per heavy atom. The van der Waals surface area contributed by atoms with E-state index in [4.69, 9.17) is 0 Å². The van der Waals surface area contributed by atoms with Crippen molar-refractivity contribution < 1.29 is 4.79 Å². The van der Waals surface area contributed by atoms with Gasteiger partial charge in [0.1, 0.15) is 0 Å². The van der Waals surface area contributed by atoms with Gasteiger partial charge in [-0.25, -0.2) is 0 Å². The average Bonchev–Trinajstić information content (AvgIpc) is 2.92. The molecule has 2 N–H and O–H groups in total. The van der Waals surface area contributed by atoms with Crippen LogP contribution in [0.15, 0.2) is 12.1 Å². The maximum Gasteiger partial charge on any atom is 0.261 e. The number of carbonyl (C=O) groups is 1. The molecule has 1 aromatic heterocycles. The maximum atomic E-state index is 12.0. The van der Waals surface area contributed by atoms with Crippen molar-refractivity contribution in [2.24, 2.45) is 0 Å². The first-order valence-corrected chi connectivity index (χ1v) is 6.67. The zero-order valence-corrected chi connectivity index (χ0v) is 11.4. The van der Waals surface area contributed by atoms with Crippen molar-refractivity contribution in [2.75, 3.05) is 0 Å². The van der Waals surface area contributed by atoms with Gasteiger partial charge in [-0.2, -0.15) is 0 Å². The predicted molar refractivity (Wildman–Crippen MR) is 72.1 cm³/mol. The number of nitrogens with one attached hydrogen (secondary N) is 2. The summed E-state index contributed by atoms with van der Waals surface area (Å²) < 4.78 is 0. The van der Waals surface area contributed by atoms with Crippen LogP contribution in [0.2, 0.25) is 0 Å². The quantitative estimate of drug-likeness (QED) is 0.866. The number of aryl methyl sites for hydroxylation is 1. The Kier molecular flexibility index (Phi) is 3.76. The van der Waals surface area contributed by atoms with Crippen LogP contribution in [-0.4, -0.2) is 24.0 Å². The fraction of sp³-hybridized carbons (Fsp3) is 0.583. The standard InChI is InChI=1S/C12H16N2OS.ClH/c1-7-2-5-11(16-7)12(15)14-10-6-8-3-4-9(10)13-8;/h2,5,8-10,13H,3-4,6H2,1H3,(H,14,15);1H/t8-,9+,10-;/m1./s1. The first-order chi connectivity index (χ1) is 7.72. The molecule has 94 valence electrons. The van der Waals surface area contributed by atoms with Gasteiger partial charge in [0, 0.05) is 23.0 Å².